The van der Waals surface area contributed by atoms with E-state index in [0.717, 1.165) is 17.8 Å². The predicted molar refractivity (Wildman–Crippen MR) is 85.1 cm³/mol. The molecule has 1 heterocycles. The molecule has 18 heavy (non-hydrogen) atoms. The Hall–Kier alpha value is 0.620. The van der Waals surface area contributed by atoms with Crippen LogP contribution in [-0.4, -0.2) is 7.05 Å². The van der Waals surface area contributed by atoms with E-state index in [1.807, 2.05) is 11.3 Å². The lowest BCUT2D eigenvalue weighted by Gasteiger charge is -2.26. The van der Waals surface area contributed by atoms with E-state index < -0.39 is 0 Å². The van der Waals surface area contributed by atoms with E-state index in [9.17, 15) is 0 Å². The Balaban J connectivity index is 1.69. The van der Waals surface area contributed by atoms with Crippen molar-refractivity contribution in [3.05, 3.63) is 19.2 Å². The van der Waals surface area contributed by atoms with Crippen LogP contribution < -0.4 is 5.32 Å². The summed E-state index contributed by atoms with van der Waals surface area (Å²) in [6.45, 7) is 0. The Labute approximate surface area is 130 Å². The molecule has 2 aliphatic carbocycles. The molecule has 0 amide bonds. The van der Waals surface area contributed by atoms with E-state index in [2.05, 4.69) is 50.3 Å². The highest BCUT2D eigenvalue weighted by Crippen LogP contribution is 2.51. The maximum Gasteiger partial charge on any atom is 0.0843 e. The first-order chi connectivity index (χ1) is 8.67. The number of hydrogen-bond donors (Lipinski definition) is 1. The van der Waals surface area contributed by atoms with Crippen LogP contribution in [0.4, 0.5) is 0 Å². The third-order valence-electron chi connectivity index (χ3n) is 4.78. The molecule has 4 unspecified atom stereocenters. The zero-order valence-electron chi connectivity index (χ0n) is 10.6. The minimum atomic E-state index is 0.530. The second-order valence-electron chi connectivity index (χ2n) is 5.78. The lowest BCUT2D eigenvalue weighted by Crippen LogP contribution is -2.21. The quantitative estimate of drug-likeness (QED) is 0.727. The van der Waals surface area contributed by atoms with E-state index >= 15 is 0 Å². The van der Waals surface area contributed by atoms with Crippen LogP contribution >= 0.6 is 43.2 Å². The van der Waals surface area contributed by atoms with Gasteiger partial charge in [0.15, 0.2) is 0 Å². The molecule has 1 aromatic heterocycles. The molecule has 3 rings (SSSR count). The predicted octanol–water partition coefficient (Wildman–Crippen LogP) is 5.36. The van der Waals surface area contributed by atoms with Crippen LogP contribution in [0.3, 0.4) is 0 Å². The first kappa shape index (κ1) is 13.6. The minimum Gasteiger partial charge on any atom is -0.312 e. The molecule has 0 saturated heterocycles. The fraction of sp³-hybridized carbons (Fsp3) is 0.714. The Morgan fingerprint density at radius 2 is 2.22 bits per heavy atom. The molecule has 0 radical (unpaired) electrons. The van der Waals surface area contributed by atoms with Gasteiger partial charge in [-0.25, -0.2) is 0 Å². The van der Waals surface area contributed by atoms with E-state index in [-0.39, 0.29) is 0 Å². The fourth-order valence-electron chi connectivity index (χ4n) is 3.88. The van der Waals surface area contributed by atoms with Crippen LogP contribution in [-0.2, 0) is 0 Å². The summed E-state index contributed by atoms with van der Waals surface area (Å²) in [5.41, 5.74) is 0. The third kappa shape index (κ3) is 2.58. The molecule has 0 aliphatic heterocycles. The van der Waals surface area contributed by atoms with Gasteiger partial charge < -0.3 is 5.32 Å². The standard InChI is InChI=1S/C14H19Br2NS/c1-17-12(13-7-11(15)14(16)18-13)6-10-5-8-2-3-9(10)4-8/h7-10,12,17H,2-6H2,1H3. The van der Waals surface area contributed by atoms with Crippen molar-refractivity contribution >= 4 is 43.2 Å². The number of halogens is 2. The highest BCUT2D eigenvalue weighted by molar-refractivity contribution is 9.13. The van der Waals surface area contributed by atoms with Crippen molar-refractivity contribution < 1.29 is 0 Å². The SMILES string of the molecule is CNC(CC1CC2CCC1C2)c1cc(Br)c(Br)s1. The summed E-state index contributed by atoms with van der Waals surface area (Å²) in [7, 11) is 2.10. The first-order valence-electron chi connectivity index (χ1n) is 6.79. The summed E-state index contributed by atoms with van der Waals surface area (Å²) >= 11 is 9.06. The summed E-state index contributed by atoms with van der Waals surface area (Å²) in [6.07, 6.45) is 7.30. The summed E-state index contributed by atoms with van der Waals surface area (Å²) in [6, 6.07) is 2.80. The minimum absolute atomic E-state index is 0.530. The number of rotatable bonds is 4. The van der Waals surface area contributed by atoms with Crippen LogP contribution in [0.5, 0.6) is 0 Å². The number of hydrogen-bond acceptors (Lipinski definition) is 2. The first-order valence-corrected chi connectivity index (χ1v) is 9.19. The number of fused-ring (bicyclic) bond motifs is 2. The Bertz CT molecular complexity index is 412. The molecule has 2 bridgehead atoms. The molecule has 0 aromatic carbocycles. The van der Waals surface area contributed by atoms with Gasteiger partial charge in [0.2, 0.25) is 0 Å². The van der Waals surface area contributed by atoms with Crippen molar-refractivity contribution in [2.75, 3.05) is 7.05 Å². The molecule has 0 spiro atoms. The molecule has 100 valence electrons. The van der Waals surface area contributed by atoms with E-state index in [0.29, 0.717) is 6.04 Å². The van der Waals surface area contributed by atoms with Crippen LogP contribution in [0.1, 0.15) is 43.0 Å². The van der Waals surface area contributed by atoms with Crippen molar-refractivity contribution in [3.63, 3.8) is 0 Å². The number of nitrogens with one attached hydrogen (secondary N) is 1. The van der Waals surface area contributed by atoms with Gasteiger partial charge >= 0.3 is 0 Å². The highest BCUT2D eigenvalue weighted by atomic mass is 79.9. The molecule has 1 nitrogen and oxygen atoms in total. The van der Waals surface area contributed by atoms with Gasteiger partial charge in [-0.1, -0.05) is 6.42 Å². The average Bonchev–Trinajstić information content (AvgIpc) is 3.03. The van der Waals surface area contributed by atoms with Gasteiger partial charge in [-0.3, -0.25) is 0 Å². The molecular weight excluding hydrogens is 374 g/mol. The Morgan fingerprint density at radius 1 is 1.39 bits per heavy atom. The molecule has 2 aliphatic rings. The third-order valence-corrected chi connectivity index (χ3v) is 8.15. The van der Waals surface area contributed by atoms with Gasteiger partial charge in [-0.15, -0.1) is 11.3 Å². The average molecular weight is 393 g/mol. The molecule has 4 heteroatoms. The van der Waals surface area contributed by atoms with Gasteiger partial charge in [0.1, 0.15) is 0 Å². The van der Waals surface area contributed by atoms with Gasteiger partial charge in [0.25, 0.3) is 0 Å². The van der Waals surface area contributed by atoms with Gasteiger partial charge in [0, 0.05) is 15.4 Å². The zero-order chi connectivity index (χ0) is 12.7. The summed E-state index contributed by atoms with van der Waals surface area (Å²) < 4.78 is 2.40. The number of thiophene rings is 1. The van der Waals surface area contributed by atoms with Crippen LogP contribution in [0, 0.1) is 17.8 Å². The Morgan fingerprint density at radius 3 is 2.72 bits per heavy atom. The molecule has 1 N–H and O–H groups in total. The lowest BCUT2D eigenvalue weighted by atomic mass is 9.84. The summed E-state index contributed by atoms with van der Waals surface area (Å²) in [4.78, 5) is 1.46. The lowest BCUT2D eigenvalue weighted by molar-refractivity contribution is 0.285. The second kappa shape index (κ2) is 5.55. The van der Waals surface area contributed by atoms with Crippen molar-refractivity contribution in [1.82, 2.24) is 5.32 Å². The molecule has 2 saturated carbocycles. The van der Waals surface area contributed by atoms with Crippen molar-refractivity contribution in [3.8, 4) is 0 Å². The van der Waals surface area contributed by atoms with Crippen molar-refractivity contribution in [2.45, 2.75) is 38.1 Å². The monoisotopic (exact) mass is 391 g/mol. The van der Waals surface area contributed by atoms with Gasteiger partial charge in [-0.05, 0) is 88.4 Å². The van der Waals surface area contributed by atoms with E-state index in [4.69, 9.17) is 0 Å². The maximum atomic E-state index is 3.60. The summed E-state index contributed by atoms with van der Waals surface area (Å²) in [5.74, 6) is 3.04. The van der Waals surface area contributed by atoms with Crippen molar-refractivity contribution in [2.24, 2.45) is 17.8 Å². The normalized spacial score (nSPS) is 32.1. The summed E-state index contributed by atoms with van der Waals surface area (Å²) in [5, 5.41) is 3.51. The topological polar surface area (TPSA) is 12.0 Å². The van der Waals surface area contributed by atoms with E-state index in [1.54, 1.807) is 0 Å². The maximum absolute atomic E-state index is 3.60. The molecule has 4 atom stereocenters. The van der Waals surface area contributed by atoms with Crippen molar-refractivity contribution in [1.29, 1.82) is 0 Å². The molecule has 2 fully saturated rings. The van der Waals surface area contributed by atoms with E-state index in [1.165, 1.54) is 45.2 Å². The molecular formula is C14H19Br2NS. The van der Waals surface area contributed by atoms with Crippen LogP contribution in [0.15, 0.2) is 14.3 Å². The van der Waals surface area contributed by atoms with Gasteiger partial charge in [0.05, 0.1) is 3.79 Å². The highest BCUT2D eigenvalue weighted by Gasteiger charge is 2.40. The van der Waals surface area contributed by atoms with Gasteiger partial charge in [-0.2, -0.15) is 0 Å². The smallest absolute Gasteiger partial charge is 0.0843 e. The van der Waals surface area contributed by atoms with Crippen LogP contribution in [0.2, 0.25) is 0 Å². The second-order valence-corrected chi connectivity index (χ2v) is 9.04. The van der Waals surface area contributed by atoms with Crippen LogP contribution in [0.25, 0.3) is 0 Å². The Kier molecular flexibility index (Phi) is 4.19. The molecule has 1 aromatic rings. The largest absolute Gasteiger partial charge is 0.312 e. The fourth-order valence-corrected chi connectivity index (χ4v) is 6.09. The zero-order valence-corrected chi connectivity index (χ0v) is 14.6.